The number of anilines is 1. The Morgan fingerprint density at radius 1 is 1.18 bits per heavy atom. The van der Waals surface area contributed by atoms with Crippen LogP contribution in [-0.2, 0) is 19.1 Å². The van der Waals surface area contributed by atoms with Crippen LogP contribution in [0.4, 0.5) is 5.69 Å². The maximum Gasteiger partial charge on any atom is 0.320 e. The molecular weight excluding hydrogens is 286 g/mol. The number of methoxy groups -OCH3 is 3. The molecule has 6 heteroatoms. The van der Waals surface area contributed by atoms with E-state index < -0.39 is 17.9 Å². The highest BCUT2D eigenvalue weighted by Crippen LogP contribution is 2.25. The number of para-hydroxylation sites is 2. The zero-order valence-corrected chi connectivity index (χ0v) is 13.0. The summed E-state index contributed by atoms with van der Waals surface area (Å²) in [6, 6.07) is 7.00. The van der Waals surface area contributed by atoms with Gasteiger partial charge in [-0.05, 0) is 18.6 Å². The molecule has 0 radical (unpaired) electrons. The van der Waals surface area contributed by atoms with Crippen molar-refractivity contribution >= 4 is 17.6 Å². The molecular formula is C16H21NO5. The van der Waals surface area contributed by atoms with Crippen LogP contribution in [0.25, 0.3) is 0 Å². The van der Waals surface area contributed by atoms with Gasteiger partial charge in [0.15, 0.2) is 5.92 Å². The minimum atomic E-state index is -1.01. The zero-order chi connectivity index (χ0) is 16.5. The van der Waals surface area contributed by atoms with Gasteiger partial charge in [-0.15, -0.1) is 6.58 Å². The second-order valence-corrected chi connectivity index (χ2v) is 4.52. The summed E-state index contributed by atoms with van der Waals surface area (Å²) in [6.45, 7) is 3.73. The van der Waals surface area contributed by atoms with Gasteiger partial charge in [-0.2, -0.15) is 0 Å². The van der Waals surface area contributed by atoms with Crippen LogP contribution in [-0.4, -0.2) is 39.3 Å². The second kappa shape index (κ2) is 8.71. The van der Waals surface area contributed by atoms with Crippen molar-refractivity contribution in [3.63, 3.8) is 0 Å². The van der Waals surface area contributed by atoms with Gasteiger partial charge >= 0.3 is 11.9 Å². The van der Waals surface area contributed by atoms with Crippen LogP contribution in [0.3, 0.4) is 0 Å². The van der Waals surface area contributed by atoms with Gasteiger partial charge in [0, 0.05) is 6.04 Å². The zero-order valence-electron chi connectivity index (χ0n) is 13.0. The highest BCUT2D eigenvalue weighted by atomic mass is 16.5. The first kappa shape index (κ1) is 17.6. The van der Waals surface area contributed by atoms with Gasteiger partial charge in [0.25, 0.3) is 0 Å². The normalized spacial score (nSPS) is 11.5. The topological polar surface area (TPSA) is 73.9 Å². The Bertz CT molecular complexity index is 513. The van der Waals surface area contributed by atoms with Crippen molar-refractivity contribution in [2.45, 2.75) is 12.5 Å². The monoisotopic (exact) mass is 307 g/mol. The van der Waals surface area contributed by atoms with Crippen molar-refractivity contribution in [1.82, 2.24) is 0 Å². The van der Waals surface area contributed by atoms with Crippen molar-refractivity contribution in [1.29, 1.82) is 0 Å². The fraction of sp³-hybridized carbons (Fsp3) is 0.375. The Morgan fingerprint density at radius 3 is 2.27 bits per heavy atom. The van der Waals surface area contributed by atoms with Crippen molar-refractivity contribution < 1.29 is 23.8 Å². The van der Waals surface area contributed by atoms with E-state index in [1.807, 2.05) is 18.2 Å². The van der Waals surface area contributed by atoms with Gasteiger partial charge in [0.2, 0.25) is 0 Å². The maximum atomic E-state index is 11.7. The summed E-state index contributed by atoms with van der Waals surface area (Å²) in [5.74, 6) is -1.64. The number of carbonyl (C=O) groups excluding carboxylic acids is 2. The predicted molar refractivity (Wildman–Crippen MR) is 82.7 cm³/mol. The van der Waals surface area contributed by atoms with Gasteiger partial charge in [-0.1, -0.05) is 18.2 Å². The van der Waals surface area contributed by atoms with Gasteiger partial charge in [0.1, 0.15) is 5.75 Å². The number of ether oxygens (including phenoxy) is 3. The fourth-order valence-electron chi connectivity index (χ4n) is 2.00. The third-order valence-corrected chi connectivity index (χ3v) is 3.19. The van der Waals surface area contributed by atoms with Crippen LogP contribution >= 0.6 is 0 Å². The first-order chi connectivity index (χ1) is 10.6. The van der Waals surface area contributed by atoms with Crippen molar-refractivity contribution in [3.8, 4) is 5.75 Å². The molecule has 0 saturated heterocycles. The summed E-state index contributed by atoms with van der Waals surface area (Å²) in [4.78, 5) is 23.5. The number of rotatable bonds is 8. The van der Waals surface area contributed by atoms with E-state index in [0.29, 0.717) is 5.75 Å². The van der Waals surface area contributed by atoms with E-state index in [1.165, 1.54) is 14.2 Å². The SMILES string of the molecule is C=CC(CC(C(=O)OC)C(=O)OC)Nc1ccccc1OC. The number of hydrogen-bond donors (Lipinski definition) is 1. The number of benzene rings is 1. The molecule has 22 heavy (non-hydrogen) atoms. The molecule has 1 N–H and O–H groups in total. The van der Waals surface area contributed by atoms with Gasteiger partial charge in [0.05, 0.1) is 27.0 Å². The lowest BCUT2D eigenvalue weighted by molar-refractivity contribution is -0.159. The molecule has 0 amide bonds. The molecule has 0 bridgehead atoms. The summed E-state index contributed by atoms with van der Waals surface area (Å²) in [6.07, 6.45) is 1.78. The molecule has 6 nitrogen and oxygen atoms in total. The molecule has 0 aromatic heterocycles. The molecule has 1 aromatic carbocycles. The molecule has 1 rings (SSSR count). The second-order valence-electron chi connectivity index (χ2n) is 4.52. The first-order valence-corrected chi connectivity index (χ1v) is 6.75. The lowest BCUT2D eigenvalue weighted by atomic mass is 9.99. The third-order valence-electron chi connectivity index (χ3n) is 3.19. The predicted octanol–water partition coefficient (Wildman–Crippen LogP) is 2.01. The average molecular weight is 307 g/mol. The van der Waals surface area contributed by atoms with E-state index in [2.05, 4.69) is 21.4 Å². The summed E-state index contributed by atoms with van der Waals surface area (Å²) >= 11 is 0. The number of esters is 2. The van der Waals surface area contributed by atoms with Crippen molar-refractivity contribution in [3.05, 3.63) is 36.9 Å². The van der Waals surface area contributed by atoms with Gasteiger partial charge < -0.3 is 19.5 Å². The van der Waals surface area contributed by atoms with Crippen LogP contribution in [0, 0.1) is 5.92 Å². The van der Waals surface area contributed by atoms with Crippen LogP contribution < -0.4 is 10.1 Å². The van der Waals surface area contributed by atoms with Crippen LogP contribution in [0.15, 0.2) is 36.9 Å². The lowest BCUT2D eigenvalue weighted by Gasteiger charge is -2.21. The lowest BCUT2D eigenvalue weighted by Crippen LogP contribution is -2.32. The molecule has 0 aliphatic rings. The number of nitrogens with one attached hydrogen (secondary N) is 1. The Kier molecular flexibility index (Phi) is 6.95. The molecule has 120 valence electrons. The van der Waals surface area contributed by atoms with Crippen LogP contribution in [0.2, 0.25) is 0 Å². The summed E-state index contributed by atoms with van der Waals surface area (Å²) in [7, 11) is 4.03. The molecule has 1 aromatic rings. The van der Waals surface area contributed by atoms with Gasteiger partial charge in [-0.25, -0.2) is 0 Å². The van der Waals surface area contributed by atoms with E-state index in [9.17, 15) is 9.59 Å². The average Bonchev–Trinajstić information content (AvgIpc) is 2.57. The molecule has 1 unspecified atom stereocenters. The Labute approximate surface area is 130 Å². The Hall–Kier alpha value is -2.50. The van der Waals surface area contributed by atoms with E-state index in [0.717, 1.165) is 5.69 Å². The number of carbonyl (C=O) groups is 2. The number of hydrogen-bond acceptors (Lipinski definition) is 6. The Balaban J connectivity index is 2.88. The molecule has 0 heterocycles. The maximum absolute atomic E-state index is 11.7. The van der Waals surface area contributed by atoms with Crippen LogP contribution in [0.1, 0.15) is 6.42 Å². The minimum absolute atomic E-state index is 0.168. The molecule has 0 spiro atoms. The molecule has 0 saturated carbocycles. The highest BCUT2D eigenvalue weighted by molar-refractivity contribution is 5.94. The quantitative estimate of drug-likeness (QED) is 0.450. The molecule has 0 fully saturated rings. The van der Waals surface area contributed by atoms with Crippen LogP contribution in [0.5, 0.6) is 5.75 Å². The smallest absolute Gasteiger partial charge is 0.320 e. The molecule has 0 aliphatic heterocycles. The van der Waals surface area contributed by atoms with E-state index in [-0.39, 0.29) is 12.5 Å². The summed E-state index contributed by atoms with van der Waals surface area (Å²) in [5.41, 5.74) is 0.739. The van der Waals surface area contributed by atoms with Crippen molar-refractivity contribution in [2.75, 3.05) is 26.6 Å². The summed E-state index contributed by atoms with van der Waals surface area (Å²) < 4.78 is 14.6. The fourth-order valence-corrected chi connectivity index (χ4v) is 2.00. The standard InChI is InChI=1S/C16H21NO5/c1-5-11(10-12(15(18)21-3)16(19)22-4)17-13-8-6-7-9-14(13)20-2/h5-9,11-12,17H,1,10H2,2-4H3. The summed E-state index contributed by atoms with van der Waals surface area (Å²) in [5, 5.41) is 3.18. The largest absolute Gasteiger partial charge is 0.495 e. The third kappa shape index (κ3) is 4.51. The molecule has 1 atom stereocenters. The first-order valence-electron chi connectivity index (χ1n) is 6.75. The molecule has 0 aliphatic carbocycles. The van der Waals surface area contributed by atoms with E-state index in [4.69, 9.17) is 4.74 Å². The highest BCUT2D eigenvalue weighted by Gasteiger charge is 2.31. The minimum Gasteiger partial charge on any atom is -0.495 e. The van der Waals surface area contributed by atoms with E-state index in [1.54, 1.807) is 19.3 Å². The Morgan fingerprint density at radius 2 is 1.77 bits per heavy atom. The van der Waals surface area contributed by atoms with E-state index >= 15 is 0 Å². The van der Waals surface area contributed by atoms with Crippen molar-refractivity contribution in [2.24, 2.45) is 5.92 Å². The van der Waals surface area contributed by atoms with Gasteiger partial charge in [-0.3, -0.25) is 9.59 Å².